The minimum Gasteiger partial charge on any atom is -0.370 e. The Bertz CT molecular complexity index is 492. The molecule has 0 aromatic carbocycles. The van der Waals surface area contributed by atoms with Gasteiger partial charge in [-0.1, -0.05) is 19.8 Å². The monoisotopic (exact) mass is 330 g/mol. The molecule has 3 atom stereocenters. The smallest absolute Gasteiger partial charge is 0.208 e. The standard InChI is InChI=1S/C15H30N4O2S/c1-12-6-5-9-19(11-12)15(16)17-10-13-7-3-4-8-14(13)18-22(2,20)21/h12-14,18H,3-11H2,1-2H3,(H2,16,17). The summed E-state index contributed by atoms with van der Waals surface area (Å²) in [5.74, 6) is 1.54. The number of nitrogens with two attached hydrogens (primary N) is 1. The number of hydrogen-bond acceptors (Lipinski definition) is 3. The lowest BCUT2D eigenvalue weighted by Gasteiger charge is -2.33. The number of nitrogens with zero attached hydrogens (tertiary/aromatic N) is 2. The van der Waals surface area contributed by atoms with E-state index in [9.17, 15) is 8.42 Å². The molecular formula is C15H30N4O2S. The number of hydrogen-bond donors (Lipinski definition) is 2. The molecule has 2 fully saturated rings. The van der Waals surface area contributed by atoms with Gasteiger partial charge in [-0.25, -0.2) is 13.1 Å². The highest BCUT2D eigenvalue weighted by Gasteiger charge is 2.27. The van der Waals surface area contributed by atoms with Gasteiger partial charge < -0.3 is 10.6 Å². The molecule has 1 heterocycles. The van der Waals surface area contributed by atoms with Crippen LogP contribution in [0.15, 0.2) is 4.99 Å². The molecule has 1 saturated carbocycles. The number of piperidine rings is 1. The third kappa shape index (κ3) is 5.43. The summed E-state index contributed by atoms with van der Waals surface area (Å²) in [5.41, 5.74) is 6.14. The van der Waals surface area contributed by atoms with E-state index in [2.05, 4.69) is 21.5 Å². The van der Waals surface area contributed by atoms with E-state index in [1.54, 1.807) is 0 Å². The van der Waals surface area contributed by atoms with Crippen molar-refractivity contribution in [2.75, 3.05) is 25.9 Å². The van der Waals surface area contributed by atoms with Gasteiger partial charge in [0.1, 0.15) is 0 Å². The van der Waals surface area contributed by atoms with Crippen LogP contribution in [0.4, 0.5) is 0 Å². The van der Waals surface area contributed by atoms with Gasteiger partial charge in [0.25, 0.3) is 0 Å². The van der Waals surface area contributed by atoms with Gasteiger partial charge in [-0.3, -0.25) is 4.99 Å². The zero-order chi connectivity index (χ0) is 16.2. The van der Waals surface area contributed by atoms with Crippen LogP contribution in [0.1, 0.15) is 45.4 Å². The molecule has 7 heteroatoms. The fraction of sp³-hybridized carbons (Fsp3) is 0.933. The summed E-state index contributed by atoms with van der Waals surface area (Å²) in [6, 6.07) is 0.000537. The predicted molar refractivity (Wildman–Crippen MR) is 90.2 cm³/mol. The highest BCUT2D eigenvalue weighted by Crippen LogP contribution is 2.25. The van der Waals surface area contributed by atoms with E-state index in [1.165, 1.54) is 19.1 Å². The van der Waals surface area contributed by atoms with Gasteiger partial charge in [0.15, 0.2) is 5.96 Å². The second-order valence-electron chi connectivity index (χ2n) is 6.93. The Labute approximate surface area is 134 Å². The molecule has 0 spiro atoms. The quantitative estimate of drug-likeness (QED) is 0.598. The Morgan fingerprint density at radius 1 is 1.27 bits per heavy atom. The van der Waals surface area contributed by atoms with Crippen molar-refractivity contribution in [3.05, 3.63) is 0 Å². The van der Waals surface area contributed by atoms with Gasteiger partial charge >= 0.3 is 0 Å². The Morgan fingerprint density at radius 3 is 2.68 bits per heavy atom. The van der Waals surface area contributed by atoms with Gasteiger partial charge in [0.05, 0.1) is 6.26 Å². The van der Waals surface area contributed by atoms with Crippen molar-refractivity contribution in [3.63, 3.8) is 0 Å². The molecule has 0 aromatic heterocycles. The Hall–Kier alpha value is -0.820. The number of guanidine groups is 1. The summed E-state index contributed by atoms with van der Waals surface area (Å²) >= 11 is 0. The van der Waals surface area contributed by atoms with E-state index < -0.39 is 10.0 Å². The number of sulfonamides is 1. The number of rotatable bonds is 4. The van der Waals surface area contributed by atoms with Crippen molar-refractivity contribution < 1.29 is 8.42 Å². The van der Waals surface area contributed by atoms with E-state index in [-0.39, 0.29) is 12.0 Å². The van der Waals surface area contributed by atoms with Crippen molar-refractivity contribution in [2.45, 2.75) is 51.5 Å². The fourth-order valence-corrected chi connectivity index (χ4v) is 4.42. The van der Waals surface area contributed by atoms with Crippen molar-refractivity contribution >= 4 is 16.0 Å². The van der Waals surface area contributed by atoms with Gasteiger partial charge in [-0.15, -0.1) is 0 Å². The molecule has 3 N–H and O–H groups in total. The lowest BCUT2D eigenvalue weighted by atomic mass is 9.85. The molecule has 2 rings (SSSR count). The maximum Gasteiger partial charge on any atom is 0.208 e. The Kier molecular flexibility index (Phi) is 6.09. The molecule has 2 aliphatic rings. The van der Waals surface area contributed by atoms with Crippen LogP contribution in [-0.4, -0.2) is 51.2 Å². The van der Waals surface area contributed by atoms with Crippen LogP contribution in [0.2, 0.25) is 0 Å². The molecule has 0 amide bonds. The first kappa shape index (κ1) is 17.5. The zero-order valence-electron chi connectivity index (χ0n) is 13.8. The molecule has 1 aliphatic heterocycles. The first-order valence-corrected chi connectivity index (χ1v) is 10.3. The van der Waals surface area contributed by atoms with Crippen molar-refractivity contribution in [1.29, 1.82) is 0 Å². The van der Waals surface area contributed by atoms with Crippen LogP contribution in [0, 0.1) is 11.8 Å². The van der Waals surface area contributed by atoms with Gasteiger partial charge in [0, 0.05) is 25.7 Å². The van der Waals surface area contributed by atoms with Crippen LogP contribution in [0.3, 0.4) is 0 Å². The molecular weight excluding hydrogens is 300 g/mol. The molecule has 1 aliphatic carbocycles. The molecule has 0 bridgehead atoms. The highest BCUT2D eigenvalue weighted by molar-refractivity contribution is 7.88. The third-order valence-corrected chi connectivity index (χ3v) is 5.47. The van der Waals surface area contributed by atoms with Gasteiger partial charge in [-0.05, 0) is 37.5 Å². The third-order valence-electron chi connectivity index (χ3n) is 4.74. The lowest BCUT2D eigenvalue weighted by Crippen LogP contribution is -2.45. The molecule has 22 heavy (non-hydrogen) atoms. The number of aliphatic imine (C=N–C) groups is 1. The summed E-state index contributed by atoms with van der Waals surface area (Å²) in [6.07, 6.45) is 7.78. The van der Waals surface area contributed by atoms with Crippen molar-refractivity contribution in [3.8, 4) is 0 Å². The average molecular weight is 330 g/mol. The van der Waals surface area contributed by atoms with Gasteiger partial charge in [-0.2, -0.15) is 0 Å². The van der Waals surface area contributed by atoms with E-state index in [0.717, 1.165) is 38.8 Å². The SMILES string of the molecule is CC1CCCN(C(N)=NCC2CCCCC2NS(C)(=O)=O)C1. The second kappa shape index (κ2) is 7.64. The van der Waals surface area contributed by atoms with Crippen LogP contribution >= 0.6 is 0 Å². The summed E-state index contributed by atoms with van der Waals surface area (Å²) in [4.78, 5) is 6.73. The fourth-order valence-electron chi connectivity index (χ4n) is 3.56. The van der Waals surface area contributed by atoms with Crippen LogP contribution < -0.4 is 10.5 Å². The summed E-state index contributed by atoms with van der Waals surface area (Å²) in [6.45, 7) is 4.82. The number of likely N-dealkylation sites (tertiary alicyclic amines) is 1. The van der Waals surface area contributed by atoms with E-state index in [4.69, 9.17) is 5.73 Å². The lowest BCUT2D eigenvalue weighted by molar-refractivity contribution is 0.266. The molecule has 3 unspecified atom stereocenters. The minimum absolute atomic E-state index is 0.000537. The average Bonchev–Trinajstić information content (AvgIpc) is 2.44. The first-order valence-electron chi connectivity index (χ1n) is 8.37. The van der Waals surface area contributed by atoms with E-state index in [1.807, 2.05) is 0 Å². The van der Waals surface area contributed by atoms with Crippen molar-refractivity contribution in [1.82, 2.24) is 9.62 Å². The Balaban J connectivity index is 1.93. The first-order chi connectivity index (χ1) is 10.3. The summed E-state index contributed by atoms with van der Waals surface area (Å²) in [7, 11) is -3.16. The normalized spacial score (nSPS) is 31.3. The summed E-state index contributed by atoms with van der Waals surface area (Å²) in [5, 5.41) is 0. The second-order valence-corrected chi connectivity index (χ2v) is 8.71. The predicted octanol–water partition coefficient (Wildman–Crippen LogP) is 1.14. The molecule has 128 valence electrons. The number of nitrogens with one attached hydrogen (secondary N) is 1. The zero-order valence-corrected chi connectivity index (χ0v) is 14.6. The molecule has 6 nitrogen and oxygen atoms in total. The molecule has 0 radical (unpaired) electrons. The van der Waals surface area contributed by atoms with Gasteiger partial charge in [0.2, 0.25) is 10.0 Å². The maximum absolute atomic E-state index is 11.5. The molecule has 0 aromatic rings. The Morgan fingerprint density at radius 2 is 2.00 bits per heavy atom. The highest BCUT2D eigenvalue weighted by atomic mass is 32.2. The van der Waals surface area contributed by atoms with Crippen LogP contribution in [0.5, 0.6) is 0 Å². The summed E-state index contributed by atoms with van der Waals surface area (Å²) < 4.78 is 25.7. The van der Waals surface area contributed by atoms with Crippen molar-refractivity contribution in [2.24, 2.45) is 22.6 Å². The van der Waals surface area contributed by atoms with Crippen LogP contribution in [-0.2, 0) is 10.0 Å². The minimum atomic E-state index is -3.16. The molecule has 1 saturated heterocycles. The maximum atomic E-state index is 11.5. The van der Waals surface area contributed by atoms with E-state index in [0.29, 0.717) is 18.4 Å². The topological polar surface area (TPSA) is 87.8 Å². The largest absolute Gasteiger partial charge is 0.370 e. The van der Waals surface area contributed by atoms with E-state index >= 15 is 0 Å². The van der Waals surface area contributed by atoms with Crippen LogP contribution in [0.25, 0.3) is 0 Å².